The summed E-state index contributed by atoms with van der Waals surface area (Å²) in [6.45, 7) is 9.12. The van der Waals surface area contributed by atoms with Gasteiger partial charge in [0, 0.05) is 19.3 Å². The van der Waals surface area contributed by atoms with E-state index in [1.54, 1.807) is 0 Å². The Bertz CT molecular complexity index is 1040. The highest BCUT2D eigenvalue weighted by molar-refractivity contribution is 5.71. The molecule has 2 atom stereocenters. The van der Waals surface area contributed by atoms with Crippen LogP contribution in [0.2, 0.25) is 0 Å². The standard InChI is InChI=1S/C63H122O6/c1-5-8-10-12-14-16-18-20-22-23-24-25-26-31-34-38-42-46-50-54-61(64)67-57-60(69-63(66)56-52-48-44-40-36-30-21-19-17-15-13-11-9-6-2)58-68-62(65)55-51-47-43-39-35-32-28-27-29-33-37-41-45-49-53-59(4)7-3/h59-60H,5-58H2,1-4H3/t59?,60-/m0/s1. The van der Waals surface area contributed by atoms with E-state index in [1.807, 2.05) is 0 Å². The number of unbranched alkanes of at least 4 members (excludes halogenated alkanes) is 44. The molecule has 0 saturated heterocycles. The lowest BCUT2D eigenvalue weighted by molar-refractivity contribution is -0.167. The normalized spacial score (nSPS) is 12.3. The average molecular weight is 976 g/mol. The van der Waals surface area contributed by atoms with Crippen molar-refractivity contribution in [2.24, 2.45) is 5.92 Å². The molecule has 0 heterocycles. The summed E-state index contributed by atoms with van der Waals surface area (Å²) in [7, 11) is 0. The number of ether oxygens (including phenoxy) is 3. The van der Waals surface area contributed by atoms with Gasteiger partial charge in [-0.05, 0) is 25.2 Å². The zero-order valence-electron chi connectivity index (χ0n) is 47.3. The fourth-order valence-electron chi connectivity index (χ4n) is 9.78. The molecular formula is C63H122O6. The first-order chi connectivity index (χ1) is 33.9. The van der Waals surface area contributed by atoms with Gasteiger partial charge in [0.05, 0.1) is 0 Å². The van der Waals surface area contributed by atoms with Gasteiger partial charge in [-0.1, -0.05) is 323 Å². The van der Waals surface area contributed by atoms with E-state index in [0.717, 1.165) is 63.7 Å². The molecule has 1 unspecified atom stereocenters. The maximum atomic E-state index is 12.9. The van der Waals surface area contributed by atoms with Crippen molar-refractivity contribution < 1.29 is 28.6 Å². The molecular weight excluding hydrogens is 853 g/mol. The van der Waals surface area contributed by atoms with Crippen LogP contribution in [0.4, 0.5) is 0 Å². The molecule has 0 fully saturated rings. The van der Waals surface area contributed by atoms with Crippen molar-refractivity contribution in [3.63, 3.8) is 0 Å². The molecule has 0 spiro atoms. The van der Waals surface area contributed by atoms with Crippen LogP contribution in [0.5, 0.6) is 0 Å². The summed E-state index contributed by atoms with van der Waals surface area (Å²) in [5.74, 6) is 0.0666. The van der Waals surface area contributed by atoms with Crippen LogP contribution in [-0.2, 0) is 28.6 Å². The highest BCUT2D eigenvalue weighted by Crippen LogP contribution is 2.19. The van der Waals surface area contributed by atoms with Crippen LogP contribution in [0, 0.1) is 5.92 Å². The molecule has 0 aliphatic heterocycles. The van der Waals surface area contributed by atoms with Crippen LogP contribution < -0.4 is 0 Å². The number of rotatable bonds is 58. The summed E-state index contributed by atoms with van der Waals surface area (Å²) in [6.07, 6.45) is 63.8. The molecule has 0 rings (SSSR count). The Morgan fingerprint density at radius 3 is 0.754 bits per heavy atom. The third kappa shape index (κ3) is 55.6. The van der Waals surface area contributed by atoms with Gasteiger partial charge in [-0.3, -0.25) is 14.4 Å². The van der Waals surface area contributed by atoms with E-state index in [9.17, 15) is 14.4 Å². The second-order valence-electron chi connectivity index (χ2n) is 21.9. The Balaban J connectivity index is 4.26. The lowest BCUT2D eigenvalue weighted by atomic mass is 9.99. The minimum Gasteiger partial charge on any atom is -0.462 e. The summed E-state index contributed by atoms with van der Waals surface area (Å²) in [4.78, 5) is 38.3. The molecule has 0 aromatic heterocycles. The molecule has 0 aromatic rings. The van der Waals surface area contributed by atoms with Crippen LogP contribution in [0.1, 0.15) is 362 Å². The van der Waals surface area contributed by atoms with Crippen LogP contribution in [0.15, 0.2) is 0 Å². The van der Waals surface area contributed by atoms with E-state index < -0.39 is 6.10 Å². The van der Waals surface area contributed by atoms with Gasteiger partial charge < -0.3 is 14.2 Å². The fraction of sp³-hybridized carbons (Fsp3) is 0.952. The SMILES string of the molecule is CCCCCCCCCCCCCCCCCCCCCC(=O)OC[C@@H](COC(=O)CCCCCCCCCCCCCCCCC(C)CC)OC(=O)CCCCCCCCCCCCCCCC. The summed E-state index contributed by atoms with van der Waals surface area (Å²) < 4.78 is 16.9. The summed E-state index contributed by atoms with van der Waals surface area (Å²) in [5.41, 5.74) is 0. The van der Waals surface area contributed by atoms with Crippen LogP contribution in [0.3, 0.4) is 0 Å². The van der Waals surface area contributed by atoms with E-state index in [1.165, 1.54) is 257 Å². The van der Waals surface area contributed by atoms with Crippen molar-refractivity contribution in [1.82, 2.24) is 0 Å². The van der Waals surface area contributed by atoms with Gasteiger partial charge in [0.15, 0.2) is 6.10 Å². The minimum atomic E-state index is -0.762. The molecule has 0 saturated carbocycles. The Kier molecular flexibility index (Phi) is 56.0. The van der Waals surface area contributed by atoms with Crippen LogP contribution in [-0.4, -0.2) is 37.2 Å². The third-order valence-electron chi connectivity index (χ3n) is 14.9. The molecule has 0 N–H and O–H groups in total. The Hall–Kier alpha value is -1.59. The molecule has 69 heavy (non-hydrogen) atoms. The van der Waals surface area contributed by atoms with Crippen molar-refractivity contribution in [2.75, 3.05) is 13.2 Å². The molecule has 6 nitrogen and oxygen atoms in total. The average Bonchev–Trinajstić information content (AvgIpc) is 3.35. The molecule has 410 valence electrons. The van der Waals surface area contributed by atoms with E-state index >= 15 is 0 Å². The van der Waals surface area contributed by atoms with Gasteiger partial charge in [0.1, 0.15) is 13.2 Å². The van der Waals surface area contributed by atoms with Gasteiger partial charge in [-0.2, -0.15) is 0 Å². The molecule has 0 aliphatic rings. The van der Waals surface area contributed by atoms with E-state index in [-0.39, 0.29) is 31.1 Å². The molecule has 0 aliphatic carbocycles. The number of carbonyl (C=O) groups is 3. The van der Waals surface area contributed by atoms with Gasteiger partial charge in [-0.25, -0.2) is 0 Å². The highest BCUT2D eigenvalue weighted by atomic mass is 16.6. The second kappa shape index (κ2) is 57.3. The maximum absolute atomic E-state index is 12.9. The summed E-state index contributed by atoms with van der Waals surface area (Å²) >= 11 is 0. The van der Waals surface area contributed by atoms with Crippen LogP contribution >= 0.6 is 0 Å². The fourth-order valence-corrected chi connectivity index (χ4v) is 9.78. The first-order valence-corrected chi connectivity index (χ1v) is 31.4. The monoisotopic (exact) mass is 975 g/mol. The molecule has 0 bridgehead atoms. The number of hydrogen-bond donors (Lipinski definition) is 0. The zero-order chi connectivity index (χ0) is 50.2. The van der Waals surface area contributed by atoms with E-state index in [2.05, 4.69) is 27.7 Å². The first kappa shape index (κ1) is 67.4. The summed E-state index contributed by atoms with van der Waals surface area (Å²) in [6, 6.07) is 0. The van der Waals surface area contributed by atoms with Gasteiger partial charge >= 0.3 is 17.9 Å². The topological polar surface area (TPSA) is 78.9 Å². The Morgan fingerprint density at radius 2 is 0.507 bits per heavy atom. The number of carbonyl (C=O) groups excluding carboxylic acids is 3. The predicted molar refractivity (Wildman–Crippen MR) is 298 cm³/mol. The summed E-state index contributed by atoms with van der Waals surface area (Å²) in [5, 5.41) is 0. The van der Waals surface area contributed by atoms with Crippen molar-refractivity contribution in [3.05, 3.63) is 0 Å². The van der Waals surface area contributed by atoms with E-state index in [4.69, 9.17) is 14.2 Å². The lowest BCUT2D eigenvalue weighted by Gasteiger charge is -2.18. The zero-order valence-corrected chi connectivity index (χ0v) is 47.3. The highest BCUT2D eigenvalue weighted by Gasteiger charge is 2.19. The van der Waals surface area contributed by atoms with Crippen molar-refractivity contribution >= 4 is 17.9 Å². The van der Waals surface area contributed by atoms with Crippen LogP contribution in [0.25, 0.3) is 0 Å². The molecule has 6 heteroatoms. The van der Waals surface area contributed by atoms with E-state index in [0.29, 0.717) is 19.3 Å². The minimum absolute atomic E-state index is 0.0613. The molecule has 0 amide bonds. The number of esters is 3. The molecule has 0 radical (unpaired) electrons. The molecule has 0 aromatic carbocycles. The maximum Gasteiger partial charge on any atom is 0.306 e. The first-order valence-electron chi connectivity index (χ1n) is 31.4. The largest absolute Gasteiger partial charge is 0.462 e. The predicted octanol–water partition coefficient (Wildman–Crippen LogP) is 21.0. The third-order valence-corrected chi connectivity index (χ3v) is 14.9. The number of hydrogen-bond acceptors (Lipinski definition) is 6. The smallest absolute Gasteiger partial charge is 0.306 e. The quantitative estimate of drug-likeness (QED) is 0.0343. The lowest BCUT2D eigenvalue weighted by Crippen LogP contribution is -2.30. The van der Waals surface area contributed by atoms with Crippen molar-refractivity contribution in [2.45, 2.75) is 368 Å². The van der Waals surface area contributed by atoms with Gasteiger partial charge in [-0.15, -0.1) is 0 Å². The second-order valence-corrected chi connectivity index (χ2v) is 21.9. The van der Waals surface area contributed by atoms with Crippen molar-refractivity contribution in [1.29, 1.82) is 0 Å². The van der Waals surface area contributed by atoms with Gasteiger partial charge in [0.2, 0.25) is 0 Å². The van der Waals surface area contributed by atoms with Gasteiger partial charge in [0.25, 0.3) is 0 Å². The van der Waals surface area contributed by atoms with Crippen molar-refractivity contribution in [3.8, 4) is 0 Å². The Labute approximate surface area is 431 Å². The Morgan fingerprint density at radius 1 is 0.290 bits per heavy atom.